The molecule has 2 aliphatic rings. The van der Waals surface area contributed by atoms with Crippen molar-refractivity contribution in [3.8, 4) is 0 Å². The van der Waals surface area contributed by atoms with Crippen molar-refractivity contribution in [1.82, 2.24) is 5.32 Å². The lowest BCUT2D eigenvalue weighted by Gasteiger charge is -2.41. The second-order valence-corrected chi connectivity index (χ2v) is 3.40. The third-order valence-corrected chi connectivity index (χ3v) is 2.84. The van der Waals surface area contributed by atoms with Gasteiger partial charge in [0.25, 0.3) is 0 Å². The molecule has 2 rings (SSSR count). The van der Waals surface area contributed by atoms with Crippen LogP contribution in [0.15, 0.2) is 0 Å². The first-order valence-electron chi connectivity index (χ1n) is 3.86. The first kappa shape index (κ1) is 9.26. The van der Waals surface area contributed by atoms with E-state index >= 15 is 0 Å². The molecule has 4 heteroatoms. The minimum Gasteiger partial charge on any atom is -0.389 e. The highest BCUT2D eigenvalue weighted by Crippen LogP contribution is 2.38. The summed E-state index contributed by atoms with van der Waals surface area (Å²) in [5, 5.41) is 21.8. The summed E-state index contributed by atoms with van der Waals surface area (Å²) in [6.07, 6.45) is 2.15. The van der Waals surface area contributed by atoms with Crippen LogP contribution in [0.5, 0.6) is 0 Å². The maximum absolute atomic E-state index is 9.46. The van der Waals surface area contributed by atoms with Crippen LogP contribution < -0.4 is 5.32 Å². The summed E-state index contributed by atoms with van der Waals surface area (Å²) in [6, 6.07) is 0. The Labute approximate surface area is 72.2 Å². The Bertz CT molecular complexity index is 149. The van der Waals surface area contributed by atoms with Gasteiger partial charge in [-0.15, -0.1) is 12.4 Å². The first-order chi connectivity index (χ1) is 4.75. The number of aliphatic hydroxyl groups is 2. The fourth-order valence-corrected chi connectivity index (χ4v) is 1.92. The van der Waals surface area contributed by atoms with E-state index in [0.717, 1.165) is 12.8 Å². The molecule has 66 valence electrons. The molecule has 1 aliphatic heterocycles. The number of rotatable bonds is 0. The van der Waals surface area contributed by atoms with Gasteiger partial charge in [0, 0.05) is 12.1 Å². The Morgan fingerprint density at radius 2 is 1.91 bits per heavy atom. The maximum Gasteiger partial charge on any atom is 0.0992 e. The fraction of sp³-hybridized carbons (Fsp3) is 1.00. The zero-order chi connectivity index (χ0) is 7.19. The molecule has 2 atom stereocenters. The van der Waals surface area contributed by atoms with Crippen molar-refractivity contribution >= 4 is 12.4 Å². The molecule has 3 N–H and O–H groups in total. The normalized spacial score (nSPS) is 39.8. The standard InChI is InChI=1S/C7H13NO2.ClH/c9-5-4-8-7(6(5)10)2-1-3-7;/h5-6,8-10H,1-4H2;1H. The Balaban J connectivity index is 0.000000605. The summed E-state index contributed by atoms with van der Waals surface area (Å²) in [5.74, 6) is 0. The number of halogens is 1. The number of hydrogen-bond acceptors (Lipinski definition) is 3. The molecule has 0 radical (unpaired) electrons. The molecule has 1 heterocycles. The lowest BCUT2D eigenvalue weighted by atomic mass is 9.74. The maximum atomic E-state index is 9.46. The van der Waals surface area contributed by atoms with E-state index in [2.05, 4.69) is 5.32 Å². The molecule has 0 aromatic rings. The summed E-state index contributed by atoms with van der Waals surface area (Å²) < 4.78 is 0. The van der Waals surface area contributed by atoms with E-state index in [1.807, 2.05) is 0 Å². The Morgan fingerprint density at radius 1 is 1.27 bits per heavy atom. The van der Waals surface area contributed by atoms with E-state index in [4.69, 9.17) is 0 Å². The molecule has 0 aromatic heterocycles. The monoisotopic (exact) mass is 179 g/mol. The largest absolute Gasteiger partial charge is 0.389 e. The van der Waals surface area contributed by atoms with Crippen LogP contribution in [0.4, 0.5) is 0 Å². The van der Waals surface area contributed by atoms with Crippen LogP contribution in [0.3, 0.4) is 0 Å². The third kappa shape index (κ3) is 1.16. The molecule has 11 heavy (non-hydrogen) atoms. The molecular weight excluding hydrogens is 166 g/mol. The highest BCUT2D eigenvalue weighted by atomic mass is 35.5. The highest BCUT2D eigenvalue weighted by molar-refractivity contribution is 5.85. The predicted octanol–water partition coefficient (Wildman–Crippen LogP) is -0.344. The van der Waals surface area contributed by atoms with Crippen LogP contribution in [0.2, 0.25) is 0 Å². The lowest BCUT2D eigenvalue weighted by molar-refractivity contribution is -0.0169. The zero-order valence-corrected chi connectivity index (χ0v) is 7.10. The van der Waals surface area contributed by atoms with Crippen molar-refractivity contribution in [2.45, 2.75) is 37.0 Å². The van der Waals surface area contributed by atoms with Crippen molar-refractivity contribution in [3.05, 3.63) is 0 Å². The zero-order valence-electron chi connectivity index (χ0n) is 6.29. The smallest absolute Gasteiger partial charge is 0.0992 e. The average Bonchev–Trinajstić information content (AvgIpc) is 2.10. The molecule has 0 bridgehead atoms. The Hall–Kier alpha value is 0.170. The summed E-state index contributed by atoms with van der Waals surface area (Å²) >= 11 is 0. The number of hydrogen-bond donors (Lipinski definition) is 3. The van der Waals surface area contributed by atoms with Crippen LogP contribution in [0.25, 0.3) is 0 Å². The van der Waals surface area contributed by atoms with Crippen LogP contribution >= 0.6 is 12.4 Å². The minimum atomic E-state index is -0.541. The summed E-state index contributed by atoms with van der Waals surface area (Å²) in [6.45, 7) is 0.557. The van der Waals surface area contributed by atoms with Gasteiger partial charge in [0.2, 0.25) is 0 Å². The molecule has 1 aliphatic carbocycles. The van der Waals surface area contributed by atoms with Crippen molar-refractivity contribution in [2.24, 2.45) is 0 Å². The molecule has 1 saturated heterocycles. The van der Waals surface area contributed by atoms with Crippen molar-refractivity contribution < 1.29 is 10.2 Å². The quantitative estimate of drug-likeness (QED) is 0.477. The van der Waals surface area contributed by atoms with Gasteiger partial charge < -0.3 is 15.5 Å². The lowest BCUT2D eigenvalue weighted by Crippen LogP contribution is -2.54. The fourth-order valence-electron chi connectivity index (χ4n) is 1.92. The molecule has 0 amide bonds. The Kier molecular flexibility index (Phi) is 2.44. The van der Waals surface area contributed by atoms with Gasteiger partial charge in [0.05, 0.1) is 12.2 Å². The average molecular weight is 180 g/mol. The minimum absolute atomic E-state index is 0. The van der Waals surface area contributed by atoms with Gasteiger partial charge in [-0.2, -0.15) is 0 Å². The van der Waals surface area contributed by atoms with Gasteiger partial charge in [0.15, 0.2) is 0 Å². The molecule has 2 unspecified atom stereocenters. The van der Waals surface area contributed by atoms with E-state index < -0.39 is 12.2 Å². The van der Waals surface area contributed by atoms with Crippen molar-refractivity contribution in [1.29, 1.82) is 0 Å². The first-order valence-corrected chi connectivity index (χ1v) is 3.86. The van der Waals surface area contributed by atoms with Gasteiger partial charge in [-0.3, -0.25) is 0 Å². The number of nitrogens with one attached hydrogen (secondary N) is 1. The van der Waals surface area contributed by atoms with Gasteiger partial charge in [0.1, 0.15) is 0 Å². The Morgan fingerprint density at radius 3 is 2.09 bits per heavy atom. The molecule has 1 saturated carbocycles. The predicted molar refractivity (Wildman–Crippen MR) is 43.8 cm³/mol. The summed E-state index contributed by atoms with van der Waals surface area (Å²) in [5.41, 5.74) is -0.0978. The van der Waals surface area contributed by atoms with E-state index in [1.54, 1.807) is 0 Å². The SMILES string of the molecule is Cl.OC1CNC2(CCC2)C1O. The second kappa shape index (κ2) is 2.90. The van der Waals surface area contributed by atoms with E-state index in [9.17, 15) is 10.2 Å². The van der Waals surface area contributed by atoms with Crippen LogP contribution in [0, 0.1) is 0 Å². The van der Waals surface area contributed by atoms with Gasteiger partial charge in [-0.25, -0.2) is 0 Å². The third-order valence-electron chi connectivity index (χ3n) is 2.84. The van der Waals surface area contributed by atoms with Gasteiger partial charge in [-0.05, 0) is 19.3 Å². The second-order valence-electron chi connectivity index (χ2n) is 3.40. The van der Waals surface area contributed by atoms with E-state index in [1.165, 1.54) is 6.42 Å². The van der Waals surface area contributed by atoms with Crippen LogP contribution in [-0.2, 0) is 0 Å². The molecule has 2 fully saturated rings. The summed E-state index contributed by atoms with van der Waals surface area (Å²) in [4.78, 5) is 0. The van der Waals surface area contributed by atoms with E-state index in [-0.39, 0.29) is 17.9 Å². The highest BCUT2D eigenvalue weighted by Gasteiger charge is 2.50. The van der Waals surface area contributed by atoms with Crippen LogP contribution in [0.1, 0.15) is 19.3 Å². The van der Waals surface area contributed by atoms with Crippen molar-refractivity contribution in [2.75, 3.05) is 6.54 Å². The molecule has 0 aromatic carbocycles. The van der Waals surface area contributed by atoms with Gasteiger partial charge >= 0.3 is 0 Å². The van der Waals surface area contributed by atoms with Crippen molar-refractivity contribution in [3.63, 3.8) is 0 Å². The molecule has 1 spiro atoms. The topological polar surface area (TPSA) is 52.5 Å². The number of aliphatic hydroxyl groups excluding tert-OH is 2. The van der Waals surface area contributed by atoms with E-state index in [0.29, 0.717) is 6.54 Å². The van der Waals surface area contributed by atoms with Gasteiger partial charge in [-0.1, -0.05) is 0 Å². The molecule has 3 nitrogen and oxygen atoms in total. The summed E-state index contributed by atoms with van der Waals surface area (Å²) in [7, 11) is 0. The molecular formula is C7H14ClNO2. The number of β-amino-alcohol motifs (C(OH)–C–C–N with tert-alkyl or cyclic N) is 1. The van der Waals surface area contributed by atoms with Crippen LogP contribution in [-0.4, -0.2) is 34.5 Å².